The second kappa shape index (κ2) is 5.29. The van der Waals surface area contributed by atoms with E-state index in [0.717, 1.165) is 29.7 Å². The summed E-state index contributed by atoms with van der Waals surface area (Å²) in [5.41, 5.74) is 5.78. The van der Waals surface area contributed by atoms with Crippen LogP contribution in [0, 0.1) is 0 Å². The van der Waals surface area contributed by atoms with E-state index in [4.69, 9.17) is 23.2 Å². The number of hydrogen-bond acceptors (Lipinski definition) is 1. The Morgan fingerprint density at radius 2 is 1.82 bits per heavy atom. The number of carbonyl (C=O) groups excluding carboxylic acids is 1. The van der Waals surface area contributed by atoms with E-state index in [9.17, 15) is 4.79 Å². The van der Waals surface area contributed by atoms with E-state index in [1.807, 2.05) is 12.1 Å². The fourth-order valence-corrected chi connectivity index (χ4v) is 4.04. The van der Waals surface area contributed by atoms with Crippen molar-refractivity contribution in [2.45, 2.75) is 31.6 Å². The highest BCUT2D eigenvalue weighted by Crippen LogP contribution is 2.43. The first-order valence-corrected chi connectivity index (χ1v) is 8.28. The Labute approximate surface area is 139 Å². The summed E-state index contributed by atoms with van der Waals surface area (Å²) in [5, 5.41) is 4.09. The molecular formula is C18H15Cl2NO. The lowest BCUT2D eigenvalue weighted by Gasteiger charge is -2.28. The third-order valence-corrected chi connectivity index (χ3v) is 5.49. The van der Waals surface area contributed by atoms with Crippen LogP contribution in [0.3, 0.4) is 0 Å². The molecule has 1 heterocycles. The summed E-state index contributed by atoms with van der Waals surface area (Å²) >= 11 is 12.6. The molecule has 112 valence electrons. The van der Waals surface area contributed by atoms with Crippen molar-refractivity contribution in [2.24, 2.45) is 0 Å². The Morgan fingerprint density at radius 1 is 1.05 bits per heavy atom. The predicted molar refractivity (Wildman–Crippen MR) is 90.0 cm³/mol. The molecule has 1 aliphatic carbocycles. The van der Waals surface area contributed by atoms with Gasteiger partial charge in [0.25, 0.3) is 0 Å². The molecule has 2 nitrogen and oxygen atoms in total. The van der Waals surface area contributed by atoms with Gasteiger partial charge in [-0.15, -0.1) is 0 Å². The molecule has 1 unspecified atom stereocenters. The van der Waals surface area contributed by atoms with Crippen LogP contribution in [0.4, 0.5) is 5.69 Å². The van der Waals surface area contributed by atoms with Crippen molar-refractivity contribution in [3.8, 4) is 0 Å². The average molecular weight is 332 g/mol. The molecule has 1 aliphatic heterocycles. The molecule has 22 heavy (non-hydrogen) atoms. The topological polar surface area (TPSA) is 29.1 Å². The van der Waals surface area contributed by atoms with Crippen molar-refractivity contribution in [2.75, 3.05) is 5.32 Å². The highest BCUT2D eigenvalue weighted by Gasteiger charge is 2.30. The number of fused-ring (bicyclic) bond motifs is 2. The van der Waals surface area contributed by atoms with Gasteiger partial charge in [0.05, 0.1) is 10.0 Å². The van der Waals surface area contributed by atoms with Gasteiger partial charge in [0.1, 0.15) is 0 Å². The molecule has 0 aromatic heterocycles. The summed E-state index contributed by atoms with van der Waals surface area (Å²) < 4.78 is 0. The van der Waals surface area contributed by atoms with Crippen LogP contribution >= 0.6 is 23.2 Å². The van der Waals surface area contributed by atoms with Crippen molar-refractivity contribution in [3.63, 3.8) is 0 Å². The maximum absolute atomic E-state index is 12.1. The Kier molecular flexibility index (Phi) is 3.39. The molecule has 4 heteroatoms. The molecule has 0 fully saturated rings. The van der Waals surface area contributed by atoms with E-state index in [0.29, 0.717) is 16.5 Å². The number of aryl methyl sites for hydroxylation is 2. The molecule has 1 N–H and O–H groups in total. The number of benzene rings is 2. The molecule has 2 aliphatic rings. The van der Waals surface area contributed by atoms with Crippen LogP contribution < -0.4 is 5.32 Å². The van der Waals surface area contributed by atoms with Gasteiger partial charge in [0.2, 0.25) is 5.91 Å². The number of nitrogens with one attached hydrogen (secondary N) is 1. The van der Waals surface area contributed by atoms with Gasteiger partial charge in [-0.3, -0.25) is 4.79 Å². The van der Waals surface area contributed by atoms with Gasteiger partial charge in [-0.05, 0) is 53.6 Å². The van der Waals surface area contributed by atoms with Crippen LogP contribution in [0.5, 0.6) is 0 Å². The normalized spacial score (nSPS) is 19.5. The number of rotatable bonds is 1. The summed E-state index contributed by atoms with van der Waals surface area (Å²) in [7, 11) is 0. The van der Waals surface area contributed by atoms with Crippen LogP contribution in [0.2, 0.25) is 10.0 Å². The van der Waals surface area contributed by atoms with E-state index in [1.54, 1.807) is 6.07 Å². The molecule has 1 atom stereocenters. The molecule has 1 amide bonds. The Bertz CT molecular complexity index is 785. The summed E-state index contributed by atoms with van der Waals surface area (Å²) in [5.74, 6) is 0.00680. The third kappa shape index (κ3) is 2.22. The monoisotopic (exact) mass is 331 g/mol. The van der Waals surface area contributed by atoms with Crippen LogP contribution in [0.15, 0.2) is 30.3 Å². The van der Waals surface area contributed by atoms with Gasteiger partial charge in [-0.2, -0.15) is 0 Å². The zero-order valence-corrected chi connectivity index (χ0v) is 13.5. The fourth-order valence-electron chi connectivity index (χ4n) is 3.60. The first-order valence-electron chi connectivity index (χ1n) is 7.53. The number of carbonyl (C=O) groups is 1. The Morgan fingerprint density at radius 3 is 2.64 bits per heavy atom. The molecule has 0 radical (unpaired) electrons. The summed E-state index contributed by atoms with van der Waals surface area (Å²) in [6.07, 6.45) is 3.81. The largest absolute Gasteiger partial charge is 0.326 e. The van der Waals surface area contributed by atoms with Crippen molar-refractivity contribution >= 4 is 34.8 Å². The second-order valence-corrected chi connectivity index (χ2v) is 6.79. The first-order chi connectivity index (χ1) is 10.6. The lowest BCUT2D eigenvalue weighted by Crippen LogP contribution is -2.24. The maximum atomic E-state index is 12.1. The van der Waals surface area contributed by atoms with E-state index < -0.39 is 0 Å². The molecule has 0 saturated carbocycles. The van der Waals surface area contributed by atoms with Gasteiger partial charge in [-0.25, -0.2) is 0 Å². The molecule has 0 spiro atoms. The molecule has 2 aromatic rings. The zero-order chi connectivity index (χ0) is 15.3. The molecular weight excluding hydrogens is 317 g/mol. The van der Waals surface area contributed by atoms with Crippen molar-refractivity contribution in [1.82, 2.24) is 0 Å². The van der Waals surface area contributed by atoms with Gasteiger partial charge < -0.3 is 5.32 Å². The summed E-state index contributed by atoms with van der Waals surface area (Å²) in [6.45, 7) is 0. The minimum Gasteiger partial charge on any atom is -0.326 e. The van der Waals surface area contributed by atoms with E-state index in [2.05, 4.69) is 17.4 Å². The Hall–Kier alpha value is -1.51. The van der Waals surface area contributed by atoms with Gasteiger partial charge in [0, 0.05) is 18.0 Å². The highest BCUT2D eigenvalue weighted by atomic mass is 35.5. The molecule has 0 bridgehead atoms. The van der Waals surface area contributed by atoms with Crippen LogP contribution in [-0.2, 0) is 17.6 Å². The van der Waals surface area contributed by atoms with Crippen molar-refractivity contribution < 1.29 is 4.79 Å². The number of amides is 1. The molecule has 0 saturated heterocycles. The minimum atomic E-state index is -0.0270. The predicted octanol–water partition coefficient (Wildman–Crippen LogP) is 4.96. The Balaban J connectivity index is 1.89. The van der Waals surface area contributed by atoms with Gasteiger partial charge in [-0.1, -0.05) is 41.4 Å². The van der Waals surface area contributed by atoms with E-state index in [1.165, 1.54) is 17.5 Å². The maximum Gasteiger partial charge on any atom is 0.225 e. The van der Waals surface area contributed by atoms with Gasteiger partial charge >= 0.3 is 0 Å². The van der Waals surface area contributed by atoms with Crippen LogP contribution in [-0.4, -0.2) is 5.91 Å². The highest BCUT2D eigenvalue weighted by molar-refractivity contribution is 6.42. The van der Waals surface area contributed by atoms with Gasteiger partial charge in [0.15, 0.2) is 0 Å². The van der Waals surface area contributed by atoms with Crippen LogP contribution in [0.25, 0.3) is 0 Å². The summed E-state index contributed by atoms with van der Waals surface area (Å²) in [4.78, 5) is 12.1. The number of anilines is 1. The zero-order valence-electron chi connectivity index (χ0n) is 12.0. The van der Waals surface area contributed by atoms with E-state index in [-0.39, 0.29) is 11.8 Å². The van der Waals surface area contributed by atoms with E-state index >= 15 is 0 Å². The lowest BCUT2D eigenvalue weighted by molar-refractivity contribution is -0.116. The number of hydrogen-bond donors (Lipinski definition) is 1. The molecule has 2 aromatic carbocycles. The lowest BCUT2D eigenvalue weighted by atomic mass is 9.83. The number of halogens is 2. The SMILES string of the molecule is O=C1CC(c2cccc(Cl)c2Cl)c2cc3c(cc2N1)CCC3. The van der Waals surface area contributed by atoms with Crippen molar-refractivity contribution in [3.05, 3.63) is 62.6 Å². The third-order valence-electron chi connectivity index (χ3n) is 4.66. The second-order valence-electron chi connectivity index (χ2n) is 6.01. The van der Waals surface area contributed by atoms with Crippen molar-refractivity contribution in [1.29, 1.82) is 0 Å². The van der Waals surface area contributed by atoms with Crippen LogP contribution in [0.1, 0.15) is 41.0 Å². The standard InChI is InChI=1S/C18H15Cl2NO/c19-15-6-2-5-12(18(15)20)13-9-17(22)21-16-8-11-4-1-3-10(11)7-14(13)16/h2,5-8,13H,1,3-4,9H2,(H,21,22). The molecule has 4 rings (SSSR count). The fraction of sp³-hybridized carbons (Fsp3) is 0.278. The average Bonchev–Trinajstić information content (AvgIpc) is 2.94. The smallest absolute Gasteiger partial charge is 0.225 e. The minimum absolute atomic E-state index is 0.0270. The summed E-state index contributed by atoms with van der Waals surface area (Å²) in [6, 6.07) is 10.0. The first kappa shape index (κ1) is 14.1. The quantitative estimate of drug-likeness (QED) is 0.786.